The van der Waals surface area contributed by atoms with Gasteiger partial charge < -0.3 is 18.9 Å². The Morgan fingerprint density at radius 2 is 1.64 bits per heavy atom. The quantitative estimate of drug-likeness (QED) is 0.248. The van der Waals surface area contributed by atoms with Gasteiger partial charge in [0.25, 0.3) is 5.91 Å². The lowest BCUT2D eigenvalue weighted by Gasteiger charge is -2.51. The Balaban J connectivity index is 1.37. The van der Waals surface area contributed by atoms with Crippen LogP contribution in [-0.4, -0.2) is 63.1 Å². The van der Waals surface area contributed by atoms with Gasteiger partial charge in [-0.25, -0.2) is 0 Å². The smallest absolute Gasteiger partial charge is 0.320 e. The molecule has 0 spiro atoms. The minimum Gasteiger partial charge on any atom is -0.497 e. The number of hydrogen-bond acceptors (Lipinski definition) is 8. The molecule has 3 aliphatic heterocycles. The van der Waals surface area contributed by atoms with Crippen molar-refractivity contribution in [1.82, 2.24) is 5.06 Å². The van der Waals surface area contributed by atoms with Crippen LogP contribution in [0.4, 0.5) is 5.69 Å². The van der Waals surface area contributed by atoms with Gasteiger partial charge in [-0.05, 0) is 53.2 Å². The molecule has 0 aliphatic carbocycles. The number of fused-ring (bicyclic) bond motifs is 5. The molecule has 4 aromatic carbocycles. The SMILES string of the molecule is COC(=O)[C@@]12COc3ccc4ccccc4c3[C@@H]1N(C)O[C@H]2[C@H]1[C@H](Oc2ccccc2)C(=O)N1c1ccc(OC)cc1. The number of nitrogens with zero attached hydrogens (tertiary/aromatic N) is 2. The number of hydroxylamine groups is 2. The first-order chi connectivity index (χ1) is 20.5. The van der Waals surface area contributed by atoms with Crippen LogP contribution in [0.2, 0.25) is 0 Å². The predicted molar refractivity (Wildman–Crippen MR) is 154 cm³/mol. The molecule has 42 heavy (non-hydrogen) atoms. The standard InChI is InChI=1S/C33H30N2O7/c1-34-29-26-24-12-8-7-9-20(24)13-18-25(26)40-19-33(29,32(37)39-3)30(42-34)27-28(41-23-10-5-4-6-11-23)31(36)35(27)21-14-16-22(38-2)17-15-21/h4-18,27-30H,19H2,1-3H3/t27-,28+,29+,30+,33+/m1/s1. The van der Waals surface area contributed by atoms with Crippen LogP contribution in [0.15, 0.2) is 91.0 Å². The summed E-state index contributed by atoms with van der Waals surface area (Å²) in [6.45, 7) is 0.00386. The Hall–Kier alpha value is -4.60. The number of esters is 1. The van der Waals surface area contributed by atoms with Crippen molar-refractivity contribution in [3.63, 3.8) is 0 Å². The average Bonchev–Trinajstić information content (AvgIpc) is 3.34. The number of amides is 1. The molecule has 2 fully saturated rings. The molecule has 3 heterocycles. The summed E-state index contributed by atoms with van der Waals surface area (Å²) in [6, 6.07) is 27.0. The zero-order chi connectivity index (χ0) is 29.0. The van der Waals surface area contributed by atoms with Gasteiger partial charge in [-0.2, -0.15) is 5.06 Å². The van der Waals surface area contributed by atoms with Crippen molar-refractivity contribution in [2.24, 2.45) is 5.41 Å². The summed E-state index contributed by atoms with van der Waals surface area (Å²) in [5, 5.41) is 3.68. The monoisotopic (exact) mass is 566 g/mol. The Labute approximate surface area is 243 Å². The predicted octanol–water partition coefficient (Wildman–Crippen LogP) is 4.55. The van der Waals surface area contributed by atoms with Crippen molar-refractivity contribution in [2.45, 2.75) is 24.3 Å². The average molecular weight is 567 g/mol. The number of hydrogen-bond donors (Lipinski definition) is 0. The summed E-state index contributed by atoms with van der Waals surface area (Å²) < 4.78 is 23.5. The highest BCUT2D eigenvalue weighted by Crippen LogP contribution is 2.58. The van der Waals surface area contributed by atoms with Gasteiger partial charge in [0.1, 0.15) is 36.0 Å². The third-order valence-electron chi connectivity index (χ3n) is 8.63. The zero-order valence-electron chi connectivity index (χ0n) is 23.4. The van der Waals surface area contributed by atoms with Crippen molar-refractivity contribution in [3.05, 3.63) is 96.6 Å². The molecule has 7 rings (SSSR count). The minimum absolute atomic E-state index is 0.00386. The van der Waals surface area contributed by atoms with Crippen LogP contribution in [0, 0.1) is 5.41 Å². The van der Waals surface area contributed by atoms with Crippen molar-refractivity contribution in [3.8, 4) is 17.2 Å². The van der Waals surface area contributed by atoms with E-state index in [0.29, 0.717) is 22.9 Å². The summed E-state index contributed by atoms with van der Waals surface area (Å²) in [5.41, 5.74) is 0.169. The third-order valence-corrected chi connectivity index (χ3v) is 8.63. The summed E-state index contributed by atoms with van der Waals surface area (Å²) in [5.74, 6) is 1.16. The summed E-state index contributed by atoms with van der Waals surface area (Å²) in [4.78, 5) is 36.1. The first-order valence-electron chi connectivity index (χ1n) is 13.8. The van der Waals surface area contributed by atoms with Crippen molar-refractivity contribution in [1.29, 1.82) is 0 Å². The second-order valence-corrected chi connectivity index (χ2v) is 10.7. The number of para-hydroxylation sites is 1. The fraction of sp³-hybridized carbons (Fsp3) is 0.273. The van der Waals surface area contributed by atoms with E-state index in [-0.39, 0.29) is 12.5 Å². The number of ether oxygens (including phenoxy) is 4. The molecule has 3 aliphatic rings. The Morgan fingerprint density at radius 1 is 0.905 bits per heavy atom. The Bertz CT molecular complexity index is 1660. The molecule has 4 aromatic rings. The van der Waals surface area contributed by atoms with Crippen LogP contribution < -0.4 is 19.1 Å². The maximum atomic E-state index is 14.0. The highest BCUT2D eigenvalue weighted by atomic mass is 16.7. The second-order valence-electron chi connectivity index (χ2n) is 10.7. The van der Waals surface area contributed by atoms with Crippen LogP contribution >= 0.6 is 0 Å². The molecule has 0 N–H and O–H groups in total. The van der Waals surface area contributed by atoms with Gasteiger partial charge in [0.15, 0.2) is 5.41 Å². The summed E-state index contributed by atoms with van der Waals surface area (Å²) in [6.07, 6.45) is -1.78. The number of carbonyl (C=O) groups is 2. The lowest BCUT2D eigenvalue weighted by atomic mass is 9.67. The molecule has 9 heteroatoms. The normalized spacial score (nSPS) is 26.5. The third kappa shape index (κ3) is 3.77. The van der Waals surface area contributed by atoms with Gasteiger partial charge in [0.05, 0.1) is 20.3 Å². The van der Waals surface area contributed by atoms with Crippen LogP contribution in [0.1, 0.15) is 11.6 Å². The van der Waals surface area contributed by atoms with E-state index in [1.807, 2.05) is 73.8 Å². The van der Waals surface area contributed by atoms with Crippen molar-refractivity contribution in [2.75, 3.05) is 32.8 Å². The maximum absolute atomic E-state index is 14.0. The van der Waals surface area contributed by atoms with Crippen molar-refractivity contribution >= 4 is 28.3 Å². The van der Waals surface area contributed by atoms with Gasteiger partial charge >= 0.3 is 5.97 Å². The highest BCUT2D eigenvalue weighted by Gasteiger charge is 2.71. The van der Waals surface area contributed by atoms with Crippen molar-refractivity contribution < 1.29 is 33.4 Å². The first-order valence-corrected chi connectivity index (χ1v) is 13.8. The fourth-order valence-electron chi connectivity index (χ4n) is 6.72. The van der Waals surface area contributed by atoms with E-state index in [1.165, 1.54) is 7.11 Å². The Kier molecular flexibility index (Phi) is 6.29. The lowest BCUT2D eigenvalue weighted by molar-refractivity contribution is -0.179. The van der Waals surface area contributed by atoms with E-state index >= 15 is 0 Å². The zero-order valence-corrected chi connectivity index (χ0v) is 23.4. The van der Waals surface area contributed by atoms with E-state index in [1.54, 1.807) is 41.3 Å². The molecule has 0 unspecified atom stereocenters. The van der Waals surface area contributed by atoms with Crippen LogP contribution in [0.5, 0.6) is 17.2 Å². The van der Waals surface area contributed by atoms with E-state index < -0.39 is 35.7 Å². The first kappa shape index (κ1) is 26.3. The molecule has 0 saturated carbocycles. The molecule has 0 bridgehead atoms. The molecular weight excluding hydrogens is 536 g/mol. The number of β-lactam (4-membered cyclic amide) rings is 1. The number of carbonyl (C=O) groups excluding carboxylic acids is 2. The van der Waals surface area contributed by atoms with Crippen LogP contribution in [0.3, 0.4) is 0 Å². The molecule has 5 atom stereocenters. The van der Waals surface area contributed by atoms with Gasteiger partial charge in [-0.15, -0.1) is 0 Å². The molecule has 214 valence electrons. The lowest BCUT2D eigenvalue weighted by Crippen LogP contribution is -2.74. The molecule has 0 radical (unpaired) electrons. The second kappa shape index (κ2) is 10.0. The molecule has 1 amide bonds. The largest absolute Gasteiger partial charge is 0.497 e. The molecule has 2 saturated heterocycles. The summed E-state index contributed by atoms with van der Waals surface area (Å²) >= 11 is 0. The molecule has 9 nitrogen and oxygen atoms in total. The van der Waals surface area contributed by atoms with Gasteiger partial charge in [-0.1, -0.05) is 48.5 Å². The minimum atomic E-state index is -1.31. The number of benzene rings is 4. The van der Waals surface area contributed by atoms with E-state index in [0.717, 1.165) is 16.3 Å². The number of rotatable bonds is 6. The van der Waals surface area contributed by atoms with Gasteiger partial charge in [0, 0.05) is 18.3 Å². The molecule has 0 aromatic heterocycles. The molecular formula is C33H30N2O7. The Morgan fingerprint density at radius 3 is 2.38 bits per heavy atom. The van der Waals surface area contributed by atoms with E-state index in [2.05, 4.69) is 0 Å². The maximum Gasteiger partial charge on any atom is 0.320 e. The van der Waals surface area contributed by atoms with Gasteiger partial charge in [0.2, 0.25) is 6.10 Å². The summed E-state index contributed by atoms with van der Waals surface area (Å²) in [7, 11) is 4.77. The fourth-order valence-corrected chi connectivity index (χ4v) is 6.72. The highest BCUT2D eigenvalue weighted by molar-refractivity contribution is 6.06. The number of anilines is 1. The van der Waals surface area contributed by atoms with E-state index in [9.17, 15) is 9.59 Å². The topological polar surface area (TPSA) is 86.8 Å². The number of methoxy groups -OCH3 is 2. The van der Waals surface area contributed by atoms with Gasteiger partial charge in [-0.3, -0.25) is 19.3 Å². The van der Waals surface area contributed by atoms with E-state index in [4.69, 9.17) is 23.8 Å². The van der Waals surface area contributed by atoms with Crippen LogP contribution in [-0.2, 0) is 19.2 Å². The van der Waals surface area contributed by atoms with Crippen LogP contribution in [0.25, 0.3) is 10.8 Å².